The summed E-state index contributed by atoms with van der Waals surface area (Å²) in [5, 5.41) is 0. The number of aryl methyl sites for hydroxylation is 1. The average molecular weight is 591 g/mol. The van der Waals surface area contributed by atoms with E-state index in [4.69, 9.17) is 14.2 Å². The van der Waals surface area contributed by atoms with Gasteiger partial charge in [0.2, 0.25) is 0 Å². The first-order valence-corrected chi connectivity index (χ1v) is 15.3. The fourth-order valence-corrected chi connectivity index (χ4v) is 5.43. The van der Waals surface area contributed by atoms with Crippen molar-refractivity contribution in [2.24, 2.45) is 0 Å². The van der Waals surface area contributed by atoms with E-state index in [1.807, 2.05) is 60.7 Å². The van der Waals surface area contributed by atoms with Gasteiger partial charge in [-0.1, -0.05) is 104 Å². The topological polar surface area (TPSA) is 27.7 Å². The minimum Gasteiger partial charge on any atom is -0.497 e. The van der Waals surface area contributed by atoms with Gasteiger partial charge in [-0.05, 0) is 107 Å². The third kappa shape index (κ3) is 7.27. The maximum Gasteiger partial charge on any atom is 0.127 e. The van der Waals surface area contributed by atoms with Gasteiger partial charge in [0, 0.05) is 5.41 Å². The summed E-state index contributed by atoms with van der Waals surface area (Å²) >= 11 is 0. The van der Waals surface area contributed by atoms with Crippen molar-refractivity contribution in [1.82, 2.24) is 0 Å². The third-order valence-electron chi connectivity index (χ3n) is 8.35. The van der Waals surface area contributed by atoms with Crippen molar-refractivity contribution in [3.8, 4) is 39.9 Å². The molecular weight excluding hydrogens is 552 g/mol. The molecule has 6 aromatic rings. The lowest BCUT2D eigenvalue weighted by Crippen LogP contribution is -2.18. The first-order valence-electron chi connectivity index (χ1n) is 15.3. The normalized spacial score (nSPS) is 11.2. The number of hydrogen-bond donors (Lipinski definition) is 0. The Bertz CT molecular complexity index is 1820. The first kappa shape index (κ1) is 29.8. The molecule has 0 spiro atoms. The smallest absolute Gasteiger partial charge is 0.127 e. The van der Waals surface area contributed by atoms with Crippen LogP contribution in [0.15, 0.2) is 146 Å². The fraction of sp³-hybridized carbons (Fsp3) is 0.143. The SMILES string of the molecule is COc1ccc(Oc2ccc(Oc3ccc(Cc4ccc(-c5ccc(C(C)(C)c6ccc(C)cc6)cc5)cc4)cc3)cc2)cc1. The van der Waals surface area contributed by atoms with Crippen molar-refractivity contribution in [3.63, 3.8) is 0 Å². The maximum atomic E-state index is 6.07. The van der Waals surface area contributed by atoms with E-state index in [-0.39, 0.29) is 5.41 Å². The largest absolute Gasteiger partial charge is 0.497 e. The Morgan fingerprint density at radius 2 is 0.756 bits per heavy atom. The van der Waals surface area contributed by atoms with E-state index < -0.39 is 0 Å². The molecule has 0 atom stereocenters. The van der Waals surface area contributed by atoms with Crippen LogP contribution in [0.25, 0.3) is 11.1 Å². The van der Waals surface area contributed by atoms with Gasteiger partial charge in [0.25, 0.3) is 0 Å². The molecule has 0 N–H and O–H groups in total. The van der Waals surface area contributed by atoms with E-state index >= 15 is 0 Å². The lowest BCUT2D eigenvalue weighted by molar-refractivity contribution is 0.413. The number of hydrogen-bond acceptors (Lipinski definition) is 3. The molecule has 0 aliphatic heterocycles. The van der Waals surface area contributed by atoms with Crippen LogP contribution in [-0.2, 0) is 11.8 Å². The highest BCUT2D eigenvalue weighted by atomic mass is 16.5. The van der Waals surface area contributed by atoms with Crippen molar-refractivity contribution in [2.75, 3.05) is 7.11 Å². The molecule has 0 amide bonds. The van der Waals surface area contributed by atoms with Crippen LogP contribution in [0, 0.1) is 6.92 Å². The van der Waals surface area contributed by atoms with Gasteiger partial charge in [0.1, 0.15) is 28.7 Å². The molecule has 0 aliphatic rings. The molecule has 6 rings (SSSR count). The highest BCUT2D eigenvalue weighted by Crippen LogP contribution is 2.33. The molecule has 0 bridgehead atoms. The monoisotopic (exact) mass is 590 g/mol. The number of rotatable bonds is 10. The summed E-state index contributed by atoms with van der Waals surface area (Å²) in [6.45, 7) is 6.71. The summed E-state index contributed by atoms with van der Waals surface area (Å²) in [6.07, 6.45) is 0.863. The molecule has 45 heavy (non-hydrogen) atoms. The highest BCUT2D eigenvalue weighted by molar-refractivity contribution is 5.64. The van der Waals surface area contributed by atoms with Crippen LogP contribution in [0.3, 0.4) is 0 Å². The van der Waals surface area contributed by atoms with E-state index in [1.54, 1.807) is 7.11 Å². The second-order valence-corrected chi connectivity index (χ2v) is 11.9. The van der Waals surface area contributed by atoms with E-state index in [2.05, 4.69) is 106 Å². The van der Waals surface area contributed by atoms with E-state index in [9.17, 15) is 0 Å². The van der Waals surface area contributed by atoms with Gasteiger partial charge in [0.15, 0.2) is 0 Å². The summed E-state index contributed by atoms with van der Waals surface area (Å²) in [7, 11) is 1.65. The summed E-state index contributed by atoms with van der Waals surface area (Å²) in [5.41, 5.74) is 8.85. The Hall–Kier alpha value is -5.28. The molecule has 6 aromatic carbocycles. The van der Waals surface area contributed by atoms with Crippen molar-refractivity contribution in [2.45, 2.75) is 32.6 Å². The zero-order chi connectivity index (χ0) is 31.2. The van der Waals surface area contributed by atoms with Gasteiger partial charge in [-0.25, -0.2) is 0 Å². The molecule has 0 fully saturated rings. The minimum absolute atomic E-state index is 0.0470. The van der Waals surface area contributed by atoms with Gasteiger partial charge in [-0.2, -0.15) is 0 Å². The lowest BCUT2D eigenvalue weighted by Gasteiger charge is -2.26. The molecule has 0 saturated carbocycles. The predicted molar refractivity (Wildman–Crippen MR) is 184 cm³/mol. The number of benzene rings is 6. The van der Waals surface area contributed by atoms with Crippen molar-refractivity contribution < 1.29 is 14.2 Å². The summed E-state index contributed by atoms with van der Waals surface area (Å²) in [5.74, 6) is 3.85. The van der Waals surface area contributed by atoms with Crippen molar-refractivity contribution in [3.05, 3.63) is 173 Å². The second kappa shape index (κ2) is 13.2. The van der Waals surface area contributed by atoms with Gasteiger partial charge in [-0.15, -0.1) is 0 Å². The van der Waals surface area contributed by atoms with Gasteiger partial charge < -0.3 is 14.2 Å². The zero-order valence-corrected chi connectivity index (χ0v) is 26.3. The highest BCUT2D eigenvalue weighted by Gasteiger charge is 2.22. The summed E-state index contributed by atoms with van der Waals surface area (Å²) in [4.78, 5) is 0. The third-order valence-corrected chi connectivity index (χ3v) is 8.35. The number of ether oxygens (including phenoxy) is 3. The van der Waals surface area contributed by atoms with E-state index in [0.717, 1.165) is 35.2 Å². The van der Waals surface area contributed by atoms with Gasteiger partial charge in [0.05, 0.1) is 7.11 Å². The lowest BCUT2D eigenvalue weighted by atomic mass is 9.77. The molecule has 3 nitrogen and oxygen atoms in total. The Kier molecular flexibility index (Phi) is 8.70. The standard InChI is InChI=1S/C42H38O3/c1-30-5-15-35(16-6-30)42(2,3)36-17-13-34(14-18-36)33-11-7-31(8-12-33)29-32-9-19-38(20-10-32)44-40-25-27-41(28-26-40)45-39-23-21-37(43-4)22-24-39/h5-28H,29H2,1-4H3. The van der Waals surface area contributed by atoms with Crippen LogP contribution < -0.4 is 14.2 Å². The van der Waals surface area contributed by atoms with Crippen molar-refractivity contribution >= 4 is 0 Å². The minimum atomic E-state index is -0.0470. The van der Waals surface area contributed by atoms with Crippen LogP contribution in [0.1, 0.15) is 41.7 Å². The summed E-state index contributed by atoms with van der Waals surface area (Å²) in [6, 6.07) is 50.2. The van der Waals surface area contributed by atoms with Crippen LogP contribution >= 0.6 is 0 Å². The first-order chi connectivity index (χ1) is 21.9. The maximum absolute atomic E-state index is 6.07. The molecule has 0 aliphatic carbocycles. The quantitative estimate of drug-likeness (QED) is 0.159. The Morgan fingerprint density at radius 1 is 0.422 bits per heavy atom. The number of methoxy groups -OCH3 is 1. The molecule has 0 heterocycles. The molecule has 0 radical (unpaired) electrons. The Balaban J connectivity index is 1.03. The average Bonchev–Trinajstić information content (AvgIpc) is 3.07. The fourth-order valence-electron chi connectivity index (χ4n) is 5.43. The molecule has 0 aromatic heterocycles. The Labute approximate surface area is 266 Å². The summed E-state index contributed by atoms with van der Waals surface area (Å²) < 4.78 is 17.2. The van der Waals surface area contributed by atoms with E-state index in [0.29, 0.717) is 0 Å². The molecule has 224 valence electrons. The van der Waals surface area contributed by atoms with Gasteiger partial charge >= 0.3 is 0 Å². The van der Waals surface area contributed by atoms with Crippen LogP contribution in [0.4, 0.5) is 0 Å². The zero-order valence-electron chi connectivity index (χ0n) is 26.3. The second-order valence-electron chi connectivity index (χ2n) is 11.9. The van der Waals surface area contributed by atoms with Crippen LogP contribution in [0.2, 0.25) is 0 Å². The van der Waals surface area contributed by atoms with Crippen LogP contribution in [-0.4, -0.2) is 7.11 Å². The molecular formula is C42H38O3. The molecule has 0 saturated heterocycles. The molecule has 0 unspecified atom stereocenters. The van der Waals surface area contributed by atoms with E-state index in [1.165, 1.54) is 38.9 Å². The van der Waals surface area contributed by atoms with Crippen molar-refractivity contribution in [1.29, 1.82) is 0 Å². The molecule has 3 heteroatoms. The predicted octanol–water partition coefficient (Wildman–Crippen LogP) is 11.2. The Morgan fingerprint density at radius 3 is 1.18 bits per heavy atom. The van der Waals surface area contributed by atoms with Gasteiger partial charge in [-0.3, -0.25) is 0 Å². The van der Waals surface area contributed by atoms with Crippen LogP contribution in [0.5, 0.6) is 28.7 Å².